The van der Waals surface area contributed by atoms with Gasteiger partial charge in [0.25, 0.3) is 0 Å². The van der Waals surface area contributed by atoms with Crippen LogP contribution in [0.15, 0.2) is 11.6 Å². The average Bonchev–Trinajstić information content (AvgIpc) is 2.50. The second-order valence-electron chi connectivity index (χ2n) is 4.05. The molecule has 0 saturated heterocycles. The molecule has 1 atom stereocenters. The van der Waals surface area contributed by atoms with Gasteiger partial charge in [-0.25, -0.2) is 0 Å². The van der Waals surface area contributed by atoms with E-state index in [0.717, 1.165) is 12.8 Å². The van der Waals surface area contributed by atoms with Crippen molar-refractivity contribution in [2.45, 2.75) is 39.0 Å². The van der Waals surface area contributed by atoms with E-state index < -0.39 is 0 Å². The van der Waals surface area contributed by atoms with Crippen LogP contribution in [-0.4, -0.2) is 12.6 Å². The molecule has 0 amide bonds. The quantitative estimate of drug-likeness (QED) is 0.573. The highest BCUT2D eigenvalue weighted by Crippen LogP contribution is 2.47. The van der Waals surface area contributed by atoms with Crippen molar-refractivity contribution >= 4 is 12.6 Å². The summed E-state index contributed by atoms with van der Waals surface area (Å²) in [6, 6.07) is 0. The number of allylic oxidation sites excluding steroid dienone is 2. The van der Waals surface area contributed by atoms with Gasteiger partial charge in [-0.3, -0.25) is 4.79 Å². The number of hydrogen-bond acceptors (Lipinski definition) is 2. The molecule has 13 heavy (non-hydrogen) atoms. The molecule has 0 spiro atoms. The maximum Gasteiger partial charge on any atom is 0.155 e. The number of hydrogen-bond donors (Lipinski definition) is 0. The standard InChI is InChI=1S/C10H14O.CH2O/c1-10-5-2-3-8(10)7-9(11)4-6-10;1-2/h7H,2-6H2,1H3;1H2/t10-;/m0./s1. The number of ketones is 1. The fourth-order valence-corrected chi connectivity index (χ4v) is 2.33. The summed E-state index contributed by atoms with van der Waals surface area (Å²) in [5.74, 6) is 0.347. The first-order chi connectivity index (χ1) is 6.21. The molecule has 0 bridgehead atoms. The molecule has 0 unspecified atom stereocenters. The smallest absolute Gasteiger partial charge is 0.155 e. The summed E-state index contributed by atoms with van der Waals surface area (Å²) in [5.41, 5.74) is 1.84. The van der Waals surface area contributed by atoms with Crippen molar-refractivity contribution in [3.8, 4) is 0 Å². The van der Waals surface area contributed by atoms with E-state index in [-0.39, 0.29) is 0 Å². The Morgan fingerprint density at radius 2 is 2.00 bits per heavy atom. The third-order valence-corrected chi connectivity index (χ3v) is 3.21. The van der Waals surface area contributed by atoms with Crippen LogP contribution in [0.1, 0.15) is 39.0 Å². The third-order valence-electron chi connectivity index (χ3n) is 3.21. The highest BCUT2D eigenvalue weighted by Gasteiger charge is 2.36. The molecular formula is C11H16O2. The Hall–Kier alpha value is -0.920. The van der Waals surface area contributed by atoms with Crippen molar-refractivity contribution in [3.63, 3.8) is 0 Å². The van der Waals surface area contributed by atoms with E-state index in [1.807, 2.05) is 12.9 Å². The minimum absolute atomic E-state index is 0.347. The molecule has 1 fully saturated rings. The highest BCUT2D eigenvalue weighted by atomic mass is 16.1. The van der Waals surface area contributed by atoms with Crippen molar-refractivity contribution in [1.82, 2.24) is 0 Å². The van der Waals surface area contributed by atoms with Crippen LogP contribution in [0.5, 0.6) is 0 Å². The van der Waals surface area contributed by atoms with E-state index in [1.54, 1.807) is 0 Å². The van der Waals surface area contributed by atoms with Crippen molar-refractivity contribution in [1.29, 1.82) is 0 Å². The molecule has 0 heterocycles. The molecule has 0 aromatic rings. The molecule has 2 aliphatic carbocycles. The summed E-state index contributed by atoms with van der Waals surface area (Å²) in [7, 11) is 0. The Labute approximate surface area is 79.0 Å². The summed E-state index contributed by atoms with van der Waals surface area (Å²) in [6.07, 6.45) is 7.53. The molecule has 0 N–H and O–H groups in total. The van der Waals surface area contributed by atoms with Crippen LogP contribution in [0, 0.1) is 5.41 Å². The molecular weight excluding hydrogens is 164 g/mol. The van der Waals surface area contributed by atoms with Crippen LogP contribution >= 0.6 is 0 Å². The number of carbonyl (C=O) groups excluding carboxylic acids is 2. The van der Waals surface area contributed by atoms with E-state index in [9.17, 15) is 4.79 Å². The fourth-order valence-electron chi connectivity index (χ4n) is 2.33. The Kier molecular flexibility index (Phi) is 3.02. The predicted molar refractivity (Wildman–Crippen MR) is 51.4 cm³/mol. The van der Waals surface area contributed by atoms with Gasteiger partial charge in [-0.05, 0) is 37.2 Å². The predicted octanol–water partition coefficient (Wildman–Crippen LogP) is 2.28. The van der Waals surface area contributed by atoms with E-state index in [1.165, 1.54) is 24.8 Å². The largest absolute Gasteiger partial charge is 0.307 e. The zero-order valence-corrected chi connectivity index (χ0v) is 8.14. The summed E-state index contributed by atoms with van der Waals surface area (Å²) in [6.45, 7) is 4.30. The van der Waals surface area contributed by atoms with Crippen LogP contribution in [0.3, 0.4) is 0 Å². The molecule has 2 heteroatoms. The second kappa shape index (κ2) is 3.86. The molecule has 0 aromatic heterocycles. The minimum atomic E-state index is 0.347. The Balaban J connectivity index is 0.000000396. The van der Waals surface area contributed by atoms with Crippen LogP contribution in [0.2, 0.25) is 0 Å². The van der Waals surface area contributed by atoms with Crippen LogP contribution in [0.25, 0.3) is 0 Å². The highest BCUT2D eigenvalue weighted by molar-refractivity contribution is 5.91. The monoisotopic (exact) mass is 180 g/mol. The van der Waals surface area contributed by atoms with Gasteiger partial charge in [0.1, 0.15) is 6.79 Å². The first kappa shape index (κ1) is 10.2. The van der Waals surface area contributed by atoms with E-state index in [4.69, 9.17) is 4.79 Å². The van der Waals surface area contributed by atoms with E-state index in [2.05, 4.69) is 6.92 Å². The zero-order chi connectivity index (χ0) is 9.90. The SMILES string of the molecule is C=O.C[C@@]12CCCC1=CC(=O)CC2. The van der Waals surface area contributed by atoms with E-state index >= 15 is 0 Å². The van der Waals surface area contributed by atoms with Gasteiger partial charge in [0.2, 0.25) is 0 Å². The normalized spacial score (nSPS) is 31.5. The topological polar surface area (TPSA) is 34.1 Å². The van der Waals surface area contributed by atoms with E-state index in [0.29, 0.717) is 11.2 Å². The van der Waals surface area contributed by atoms with Gasteiger partial charge < -0.3 is 4.79 Å². The average molecular weight is 180 g/mol. The van der Waals surface area contributed by atoms with Gasteiger partial charge in [0.15, 0.2) is 5.78 Å². The number of carbonyl (C=O) groups is 2. The van der Waals surface area contributed by atoms with Gasteiger partial charge in [-0.15, -0.1) is 0 Å². The third kappa shape index (κ3) is 1.87. The van der Waals surface area contributed by atoms with Gasteiger partial charge in [0.05, 0.1) is 0 Å². The Morgan fingerprint density at radius 3 is 2.69 bits per heavy atom. The molecule has 0 aliphatic heterocycles. The molecule has 0 radical (unpaired) electrons. The minimum Gasteiger partial charge on any atom is -0.307 e. The maximum atomic E-state index is 11.1. The van der Waals surface area contributed by atoms with Crippen molar-refractivity contribution in [2.24, 2.45) is 5.41 Å². The van der Waals surface area contributed by atoms with Gasteiger partial charge in [-0.1, -0.05) is 12.5 Å². The number of fused-ring (bicyclic) bond motifs is 1. The molecule has 0 aromatic carbocycles. The zero-order valence-electron chi connectivity index (χ0n) is 8.14. The van der Waals surface area contributed by atoms with Crippen molar-refractivity contribution in [2.75, 3.05) is 0 Å². The lowest BCUT2D eigenvalue weighted by Gasteiger charge is -2.28. The molecule has 2 rings (SSSR count). The fraction of sp³-hybridized carbons (Fsp3) is 0.636. The summed E-state index contributed by atoms with van der Waals surface area (Å²) < 4.78 is 0. The molecule has 2 aliphatic rings. The van der Waals surface area contributed by atoms with Crippen molar-refractivity contribution < 1.29 is 9.59 Å². The maximum absolute atomic E-state index is 11.1. The van der Waals surface area contributed by atoms with Crippen LogP contribution in [0.4, 0.5) is 0 Å². The summed E-state index contributed by atoms with van der Waals surface area (Å²) >= 11 is 0. The summed E-state index contributed by atoms with van der Waals surface area (Å²) in [5, 5.41) is 0. The Bertz CT molecular complexity index is 242. The molecule has 2 nitrogen and oxygen atoms in total. The second-order valence-corrected chi connectivity index (χ2v) is 4.05. The first-order valence-corrected chi connectivity index (χ1v) is 4.73. The van der Waals surface area contributed by atoms with Gasteiger partial charge >= 0.3 is 0 Å². The first-order valence-electron chi connectivity index (χ1n) is 4.73. The Morgan fingerprint density at radius 1 is 1.31 bits per heavy atom. The number of rotatable bonds is 0. The van der Waals surface area contributed by atoms with Crippen LogP contribution < -0.4 is 0 Å². The lowest BCUT2D eigenvalue weighted by Crippen LogP contribution is -2.20. The summed E-state index contributed by atoms with van der Waals surface area (Å²) in [4.78, 5) is 19.1. The molecule has 72 valence electrons. The lowest BCUT2D eigenvalue weighted by atomic mass is 9.76. The van der Waals surface area contributed by atoms with Gasteiger partial charge in [0, 0.05) is 6.42 Å². The van der Waals surface area contributed by atoms with Gasteiger partial charge in [-0.2, -0.15) is 0 Å². The van der Waals surface area contributed by atoms with Crippen LogP contribution in [-0.2, 0) is 9.59 Å². The van der Waals surface area contributed by atoms with Crippen molar-refractivity contribution in [3.05, 3.63) is 11.6 Å². The molecule has 1 saturated carbocycles. The lowest BCUT2D eigenvalue weighted by molar-refractivity contribution is -0.115.